The second-order valence-electron chi connectivity index (χ2n) is 2.18. The standard InChI is InChI=1S/C10H10/c1-3-9-7-5-6-8-10(9)4-2/h1-2,5-8H,3-4H2. The van der Waals surface area contributed by atoms with Crippen molar-refractivity contribution < 1.29 is 0 Å². The van der Waals surface area contributed by atoms with Crippen molar-refractivity contribution in [1.82, 2.24) is 0 Å². The van der Waals surface area contributed by atoms with Gasteiger partial charge in [0.15, 0.2) is 0 Å². The summed E-state index contributed by atoms with van der Waals surface area (Å²) in [5.41, 5.74) is 2.29. The fourth-order valence-electron chi connectivity index (χ4n) is 0.956. The topological polar surface area (TPSA) is 0 Å². The van der Waals surface area contributed by atoms with E-state index in [2.05, 4.69) is 0 Å². The SMILES string of the molecule is [CH]Cc1ccccc1C[CH]. The Kier molecular flexibility index (Phi) is 2.49. The van der Waals surface area contributed by atoms with Crippen molar-refractivity contribution in [2.45, 2.75) is 12.8 Å². The quantitative estimate of drug-likeness (QED) is 0.575. The van der Waals surface area contributed by atoms with Gasteiger partial charge < -0.3 is 0 Å². The van der Waals surface area contributed by atoms with Crippen LogP contribution in [-0.2, 0) is 12.8 Å². The van der Waals surface area contributed by atoms with Crippen LogP contribution in [0.1, 0.15) is 11.1 Å². The molecule has 0 aromatic heterocycles. The van der Waals surface area contributed by atoms with Crippen LogP contribution in [0.4, 0.5) is 0 Å². The molecule has 0 unspecified atom stereocenters. The minimum Gasteiger partial charge on any atom is -0.0620 e. The van der Waals surface area contributed by atoms with E-state index in [1.165, 1.54) is 0 Å². The lowest BCUT2D eigenvalue weighted by Crippen LogP contribution is -1.88. The molecule has 0 N–H and O–H groups in total. The Labute approximate surface area is 62.9 Å². The molecule has 1 aromatic rings. The summed E-state index contributed by atoms with van der Waals surface area (Å²) in [5, 5.41) is 0. The first-order valence-electron chi connectivity index (χ1n) is 3.35. The maximum absolute atomic E-state index is 5.47. The van der Waals surface area contributed by atoms with Crippen LogP contribution in [0.3, 0.4) is 0 Å². The minimum absolute atomic E-state index is 0.577. The van der Waals surface area contributed by atoms with Gasteiger partial charge in [0.05, 0.1) is 0 Å². The van der Waals surface area contributed by atoms with Gasteiger partial charge in [0.2, 0.25) is 0 Å². The lowest BCUT2D eigenvalue weighted by Gasteiger charge is -2.02. The Morgan fingerprint density at radius 2 is 1.30 bits per heavy atom. The average Bonchev–Trinajstić information content (AvgIpc) is 2.04. The summed E-state index contributed by atoms with van der Waals surface area (Å²) in [6.45, 7) is 10.9. The van der Waals surface area contributed by atoms with Crippen molar-refractivity contribution in [3.05, 3.63) is 49.2 Å². The zero-order valence-electron chi connectivity index (χ0n) is 5.88. The van der Waals surface area contributed by atoms with Gasteiger partial charge in [-0.1, -0.05) is 24.3 Å². The predicted octanol–water partition coefficient (Wildman–Crippen LogP) is 2.19. The van der Waals surface area contributed by atoms with Crippen LogP contribution in [0.2, 0.25) is 0 Å². The Morgan fingerprint density at radius 1 is 0.900 bits per heavy atom. The summed E-state index contributed by atoms with van der Waals surface area (Å²) in [5.74, 6) is 0. The van der Waals surface area contributed by atoms with Crippen LogP contribution in [0, 0.1) is 13.8 Å². The Bertz CT molecular complexity index is 178. The van der Waals surface area contributed by atoms with Crippen molar-refractivity contribution in [3.8, 4) is 0 Å². The highest BCUT2D eigenvalue weighted by Crippen LogP contribution is 2.08. The lowest BCUT2D eigenvalue weighted by atomic mass is 10.0. The Morgan fingerprint density at radius 3 is 1.60 bits per heavy atom. The first-order valence-corrected chi connectivity index (χ1v) is 3.35. The Hall–Kier alpha value is -0.780. The van der Waals surface area contributed by atoms with Gasteiger partial charge in [0.1, 0.15) is 0 Å². The van der Waals surface area contributed by atoms with Gasteiger partial charge in [-0.25, -0.2) is 0 Å². The molecule has 0 aliphatic rings. The monoisotopic (exact) mass is 130 g/mol. The summed E-state index contributed by atoms with van der Waals surface area (Å²) in [6, 6.07) is 7.95. The van der Waals surface area contributed by atoms with Crippen molar-refractivity contribution >= 4 is 0 Å². The van der Waals surface area contributed by atoms with Gasteiger partial charge in [-0.05, 0) is 37.8 Å². The minimum atomic E-state index is 0.577. The maximum atomic E-state index is 5.47. The molecule has 1 rings (SSSR count). The fourth-order valence-corrected chi connectivity index (χ4v) is 0.956. The van der Waals surface area contributed by atoms with E-state index in [4.69, 9.17) is 13.8 Å². The van der Waals surface area contributed by atoms with Crippen LogP contribution >= 0.6 is 0 Å². The summed E-state index contributed by atoms with van der Waals surface area (Å²) >= 11 is 0. The summed E-state index contributed by atoms with van der Waals surface area (Å²) in [4.78, 5) is 0. The highest BCUT2D eigenvalue weighted by molar-refractivity contribution is 5.27. The molecular weight excluding hydrogens is 120 g/mol. The molecule has 0 aliphatic heterocycles. The molecule has 0 nitrogen and oxygen atoms in total. The second-order valence-corrected chi connectivity index (χ2v) is 2.18. The zero-order chi connectivity index (χ0) is 7.40. The summed E-state index contributed by atoms with van der Waals surface area (Å²) < 4.78 is 0. The van der Waals surface area contributed by atoms with Gasteiger partial charge in [0.25, 0.3) is 0 Å². The normalized spacial score (nSPS) is 9.80. The van der Waals surface area contributed by atoms with E-state index in [-0.39, 0.29) is 0 Å². The van der Waals surface area contributed by atoms with Gasteiger partial charge in [-0.15, -0.1) is 0 Å². The molecule has 0 bridgehead atoms. The van der Waals surface area contributed by atoms with E-state index in [0.717, 1.165) is 11.1 Å². The maximum Gasteiger partial charge on any atom is -0.0242 e. The third-order valence-corrected chi connectivity index (χ3v) is 1.56. The summed E-state index contributed by atoms with van der Waals surface area (Å²) in [6.07, 6.45) is 1.15. The fraction of sp³-hybridized carbons (Fsp3) is 0.200. The molecule has 0 heteroatoms. The van der Waals surface area contributed by atoms with E-state index >= 15 is 0 Å². The van der Waals surface area contributed by atoms with Gasteiger partial charge >= 0.3 is 0 Å². The highest BCUT2D eigenvalue weighted by atomic mass is 14.0. The van der Waals surface area contributed by atoms with E-state index in [9.17, 15) is 0 Å². The molecule has 50 valence electrons. The van der Waals surface area contributed by atoms with Crippen molar-refractivity contribution in [2.75, 3.05) is 0 Å². The molecule has 10 heavy (non-hydrogen) atoms. The van der Waals surface area contributed by atoms with Crippen molar-refractivity contribution in [1.29, 1.82) is 0 Å². The molecule has 0 saturated heterocycles. The molecule has 1 aromatic carbocycles. The van der Waals surface area contributed by atoms with E-state index < -0.39 is 0 Å². The van der Waals surface area contributed by atoms with E-state index in [1.807, 2.05) is 24.3 Å². The molecule has 0 spiro atoms. The number of hydrogen-bond acceptors (Lipinski definition) is 0. The molecule has 0 aliphatic carbocycles. The third-order valence-electron chi connectivity index (χ3n) is 1.56. The van der Waals surface area contributed by atoms with Crippen LogP contribution in [0.15, 0.2) is 24.3 Å². The molecule has 4 radical (unpaired) electrons. The zero-order valence-corrected chi connectivity index (χ0v) is 5.88. The van der Waals surface area contributed by atoms with E-state index in [1.54, 1.807) is 0 Å². The molecule has 0 fully saturated rings. The van der Waals surface area contributed by atoms with Crippen LogP contribution in [0.25, 0.3) is 0 Å². The average molecular weight is 130 g/mol. The first-order chi connectivity index (χ1) is 4.88. The van der Waals surface area contributed by atoms with Crippen LogP contribution in [-0.4, -0.2) is 0 Å². The molecular formula is C10H10. The second kappa shape index (κ2) is 3.40. The highest BCUT2D eigenvalue weighted by Gasteiger charge is 1.94. The number of rotatable bonds is 2. The van der Waals surface area contributed by atoms with Crippen LogP contribution in [0.5, 0.6) is 0 Å². The van der Waals surface area contributed by atoms with Gasteiger partial charge in [0, 0.05) is 0 Å². The molecule has 0 heterocycles. The number of benzene rings is 1. The molecule has 0 atom stereocenters. The number of hydrogen-bond donors (Lipinski definition) is 0. The predicted molar refractivity (Wildman–Crippen MR) is 42.5 cm³/mol. The first kappa shape index (κ1) is 7.33. The largest absolute Gasteiger partial charge is 0.0620 e. The summed E-state index contributed by atoms with van der Waals surface area (Å²) in [7, 11) is 0. The third kappa shape index (κ3) is 1.38. The van der Waals surface area contributed by atoms with Crippen LogP contribution < -0.4 is 0 Å². The van der Waals surface area contributed by atoms with E-state index in [0.29, 0.717) is 12.8 Å². The van der Waals surface area contributed by atoms with Crippen molar-refractivity contribution in [2.24, 2.45) is 0 Å². The molecule has 0 saturated carbocycles. The molecule has 0 amide bonds. The van der Waals surface area contributed by atoms with Gasteiger partial charge in [-0.3, -0.25) is 0 Å². The smallest absolute Gasteiger partial charge is 0.0242 e. The lowest BCUT2D eigenvalue weighted by molar-refractivity contribution is 1.15. The Balaban J connectivity index is 2.96. The van der Waals surface area contributed by atoms with Gasteiger partial charge in [-0.2, -0.15) is 0 Å². The van der Waals surface area contributed by atoms with Crippen molar-refractivity contribution in [3.63, 3.8) is 0 Å².